The van der Waals surface area contributed by atoms with Crippen molar-refractivity contribution in [2.45, 2.75) is 18.6 Å². The topological polar surface area (TPSA) is 29.5 Å². The monoisotopic (exact) mass is 414 g/mol. The Hall–Kier alpha value is -1.74. The van der Waals surface area contributed by atoms with Crippen LogP contribution in [0.25, 0.3) is 0 Å². The van der Waals surface area contributed by atoms with Gasteiger partial charge in [0.1, 0.15) is 23.5 Å². The third kappa shape index (κ3) is 4.21. The van der Waals surface area contributed by atoms with Crippen LogP contribution in [-0.4, -0.2) is 17.6 Å². The van der Waals surface area contributed by atoms with E-state index in [0.717, 1.165) is 18.2 Å². The Morgan fingerprint density at radius 1 is 1.00 bits per heavy atom. The number of aliphatic hydroxyl groups is 1. The maximum Gasteiger partial charge on any atom is 0.461 e. The Morgan fingerprint density at radius 3 is 2.25 bits per heavy atom. The molecule has 0 fully saturated rings. The molecular formula is C15H9BrF6O2. The number of rotatable bonds is 5. The van der Waals surface area contributed by atoms with Crippen LogP contribution in [0.1, 0.15) is 17.2 Å². The molecule has 0 aromatic heterocycles. The molecule has 1 atom stereocenters. The van der Waals surface area contributed by atoms with E-state index in [0.29, 0.717) is 6.07 Å². The minimum absolute atomic E-state index is 0.0242. The zero-order valence-electron chi connectivity index (χ0n) is 11.6. The Morgan fingerprint density at radius 2 is 1.67 bits per heavy atom. The highest BCUT2D eigenvalue weighted by Gasteiger charge is 2.44. The molecule has 24 heavy (non-hydrogen) atoms. The maximum absolute atomic E-state index is 13.5. The molecule has 0 aliphatic heterocycles. The molecule has 9 heteroatoms. The predicted octanol–water partition coefficient (Wildman–Crippen LogP) is 5.05. The van der Waals surface area contributed by atoms with Crippen molar-refractivity contribution >= 4 is 15.9 Å². The summed E-state index contributed by atoms with van der Waals surface area (Å²) in [6, 6.07) is 5.52. The van der Waals surface area contributed by atoms with Crippen LogP contribution < -0.4 is 4.74 Å². The number of hydrogen-bond donors (Lipinski definition) is 1. The van der Waals surface area contributed by atoms with Crippen molar-refractivity contribution in [3.05, 3.63) is 63.6 Å². The van der Waals surface area contributed by atoms with E-state index in [2.05, 4.69) is 20.7 Å². The zero-order chi connectivity index (χ0) is 18.1. The minimum atomic E-state index is -4.81. The van der Waals surface area contributed by atoms with E-state index in [1.54, 1.807) is 0 Å². The number of ether oxygens (including phenoxy) is 1. The van der Waals surface area contributed by atoms with Crippen molar-refractivity contribution in [1.29, 1.82) is 0 Å². The minimum Gasteiger partial charge on any atom is -0.428 e. The lowest BCUT2D eigenvalue weighted by molar-refractivity contribution is -0.253. The molecule has 0 aliphatic rings. The average molecular weight is 415 g/mol. The quantitative estimate of drug-likeness (QED) is 0.694. The third-order valence-corrected chi connectivity index (χ3v) is 3.58. The van der Waals surface area contributed by atoms with Crippen LogP contribution in [0.3, 0.4) is 0 Å². The van der Waals surface area contributed by atoms with Gasteiger partial charge < -0.3 is 9.84 Å². The van der Waals surface area contributed by atoms with Crippen LogP contribution in [0.4, 0.5) is 26.3 Å². The molecule has 0 amide bonds. The van der Waals surface area contributed by atoms with E-state index in [-0.39, 0.29) is 15.6 Å². The van der Waals surface area contributed by atoms with Gasteiger partial charge in [0.2, 0.25) is 0 Å². The molecule has 0 radical (unpaired) electrons. The summed E-state index contributed by atoms with van der Waals surface area (Å²) in [5.74, 6) is -2.56. The van der Waals surface area contributed by atoms with Crippen molar-refractivity contribution in [2.24, 2.45) is 0 Å². The molecule has 0 saturated heterocycles. The molecule has 1 N–H and O–H groups in total. The van der Waals surface area contributed by atoms with Gasteiger partial charge in [-0.1, -0.05) is 6.07 Å². The predicted molar refractivity (Wildman–Crippen MR) is 76.1 cm³/mol. The van der Waals surface area contributed by atoms with Gasteiger partial charge in [-0.3, -0.25) is 0 Å². The van der Waals surface area contributed by atoms with Crippen molar-refractivity contribution in [2.75, 3.05) is 0 Å². The Kier molecular flexibility index (Phi) is 5.44. The van der Waals surface area contributed by atoms with E-state index >= 15 is 0 Å². The molecule has 130 valence electrons. The highest BCUT2D eigenvalue weighted by Crippen LogP contribution is 2.32. The van der Waals surface area contributed by atoms with Gasteiger partial charge in [-0.05, 0) is 51.3 Å². The first-order valence-corrected chi connectivity index (χ1v) is 7.18. The summed E-state index contributed by atoms with van der Waals surface area (Å²) in [4.78, 5) is 0. The number of alkyl halides is 4. The molecule has 2 rings (SSSR count). The third-order valence-electron chi connectivity index (χ3n) is 2.98. The lowest BCUT2D eigenvalue weighted by Crippen LogP contribution is -2.33. The Labute approximate surface area is 140 Å². The molecule has 0 aliphatic carbocycles. The standard InChI is InChI=1S/C15H9BrF6O2/c16-11-5-7(1-2-12(11)18)13(23)8-3-9(17)6-10(4-8)24-15(21,22)14(19)20/h1-6,13-14,23H. The van der Waals surface area contributed by atoms with Crippen molar-refractivity contribution in [1.82, 2.24) is 0 Å². The highest BCUT2D eigenvalue weighted by molar-refractivity contribution is 9.10. The lowest BCUT2D eigenvalue weighted by Gasteiger charge is -2.18. The first-order chi connectivity index (χ1) is 11.1. The molecule has 0 saturated carbocycles. The fourth-order valence-electron chi connectivity index (χ4n) is 1.88. The normalized spacial score (nSPS) is 13.2. The molecule has 2 nitrogen and oxygen atoms in total. The fourth-order valence-corrected chi connectivity index (χ4v) is 2.27. The second-order valence-electron chi connectivity index (χ2n) is 4.76. The fraction of sp³-hybridized carbons (Fsp3) is 0.200. The van der Waals surface area contributed by atoms with Gasteiger partial charge in [-0.2, -0.15) is 17.6 Å². The van der Waals surface area contributed by atoms with Gasteiger partial charge in [0.05, 0.1) is 4.47 Å². The largest absolute Gasteiger partial charge is 0.461 e. The van der Waals surface area contributed by atoms with E-state index in [1.807, 2.05) is 0 Å². The van der Waals surface area contributed by atoms with E-state index in [4.69, 9.17) is 0 Å². The van der Waals surface area contributed by atoms with Crippen molar-refractivity contribution in [3.8, 4) is 5.75 Å². The summed E-state index contributed by atoms with van der Waals surface area (Å²) in [7, 11) is 0. The maximum atomic E-state index is 13.5. The van der Waals surface area contributed by atoms with Crippen LogP contribution in [0.15, 0.2) is 40.9 Å². The first-order valence-electron chi connectivity index (χ1n) is 6.38. The average Bonchev–Trinajstić information content (AvgIpc) is 2.48. The number of halogens is 7. The number of aliphatic hydroxyl groups excluding tert-OH is 1. The number of hydrogen-bond acceptors (Lipinski definition) is 2. The van der Waals surface area contributed by atoms with Crippen LogP contribution in [0, 0.1) is 11.6 Å². The summed E-state index contributed by atoms with van der Waals surface area (Å²) < 4.78 is 80.7. The van der Waals surface area contributed by atoms with Gasteiger partial charge >= 0.3 is 12.5 Å². The number of benzene rings is 2. The van der Waals surface area contributed by atoms with Crippen LogP contribution >= 0.6 is 15.9 Å². The van der Waals surface area contributed by atoms with Crippen molar-refractivity contribution < 1.29 is 36.2 Å². The SMILES string of the molecule is OC(c1cc(F)cc(OC(F)(F)C(F)F)c1)c1ccc(F)c(Br)c1. The molecular weight excluding hydrogens is 406 g/mol. The van der Waals surface area contributed by atoms with Crippen LogP contribution in [0.5, 0.6) is 5.75 Å². The first kappa shape index (κ1) is 18.6. The van der Waals surface area contributed by atoms with Crippen molar-refractivity contribution in [3.63, 3.8) is 0 Å². The smallest absolute Gasteiger partial charge is 0.428 e. The molecule has 0 heterocycles. The Balaban J connectivity index is 2.35. The van der Waals surface area contributed by atoms with E-state index < -0.39 is 36.0 Å². The lowest BCUT2D eigenvalue weighted by atomic mass is 10.0. The summed E-state index contributed by atoms with van der Waals surface area (Å²) in [6.07, 6.45) is -10.4. The summed E-state index contributed by atoms with van der Waals surface area (Å²) in [5, 5.41) is 10.2. The molecule has 0 bridgehead atoms. The molecule has 2 aromatic carbocycles. The van der Waals surface area contributed by atoms with Gasteiger partial charge in [0.15, 0.2) is 0 Å². The van der Waals surface area contributed by atoms with E-state index in [1.165, 1.54) is 12.1 Å². The second-order valence-corrected chi connectivity index (χ2v) is 5.62. The van der Waals surface area contributed by atoms with Gasteiger partial charge in [-0.15, -0.1) is 0 Å². The second kappa shape index (κ2) is 7.02. The molecule has 2 aromatic rings. The zero-order valence-corrected chi connectivity index (χ0v) is 13.2. The van der Waals surface area contributed by atoms with Gasteiger partial charge in [0, 0.05) is 6.07 Å². The molecule has 0 spiro atoms. The van der Waals surface area contributed by atoms with Crippen LogP contribution in [-0.2, 0) is 0 Å². The van der Waals surface area contributed by atoms with E-state index in [9.17, 15) is 31.4 Å². The Bertz CT molecular complexity index is 738. The van der Waals surface area contributed by atoms with Gasteiger partial charge in [0.25, 0.3) is 0 Å². The van der Waals surface area contributed by atoms with Gasteiger partial charge in [-0.25, -0.2) is 8.78 Å². The molecule has 1 unspecified atom stereocenters. The summed E-state index contributed by atoms with van der Waals surface area (Å²) in [6.45, 7) is 0. The summed E-state index contributed by atoms with van der Waals surface area (Å²) >= 11 is 2.90. The highest BCUT2D eigenvalue weighted by atomic mass is 79.9. The summed E-state index contributed by atoms with van der Waals surface area (Å²) in [5.41, 5.74) is -0.103. The van der Waals surface area contributed by atoms with Crippen LogP contribution in [0.2, 0.25) is 0 Å².